The van der Waals surface area contributed by atoms with E-state index in [4.69, 9.17) is 5.73 Å². The van der Waals surface area contributed by atoms with E-state index in [2.05, 4.69) is 10.1 Å². The van der Waals surface area contributed by atoms with Gasteiger partial charge in [-0.2, -0.15) is 0 Å². The fourth-order valence-corrected chi connectivity index (χ4v) is 1.34. The van der Waals surface area contributed by atoms with Gasteiger partial charge >= 0.3 is 5.97 Å². The highest BCUT2D eigenvalue weighted by atomic mass is 19.1. The number of benzene rings is 1. The number of methoxy groups -OCH3 is 1. The third kappa shape index (κ3) is 3.57. The summed E-state index contributed by atoms with van der Waals surface area (Å²) >= 11 is 0. The fraction of sp³-hybridized carbons (Fsp3) is 0.333. The van der Waals surface area contributed by atoms with Gasteiger partial charge in [-0.25, -0.2) is 9.18 Å². The summed E-state index contributed by atoms with van der Waals surface area (Å²) in [6.45, 7) is -0.0888. The van der Waals surface area contributed by atoms with Crippen LogP contribution in [0.15, 0.2) is 12.1 Å². The Balaban J connectivity index is 2.95. The van der Waals surface area contributed by atoms with Crippen molar-refractivity contribution >= 4 is 23.3 Å². The van der Waals surface area contributed by atoms with E-state index >= 15 is 0 Å². The first kappa shape index (κ1) is 14.7. The van der Waals surface area contributed by atoms with Crippen LogP contribution in [0.5, 0.6) is 0 Å². The first-order valence-electron chi connectivity index (χ1n) is 5.48. The third-order valence-electron chi connectivity index (χ3n) is 2.47. The van der Waals surface area contributed by atoms with Gasteiger partial charge in [0.05, 0.1) is 24.9 Å². The third-order valence-corrected chi connectivity index (χ3v) is 2.47. The van der Waals surface area contributed by atoms with Gasteiger partial charge in [0.15, 0.2) is 0 Å². The summed E-state index contributed by atoms with van der Waals surface area (Å²) in [4.78, 5) is 24.2. The summed E-state index contributed by atoms with van der Waals surface area (Å²) < 4.78 is 18.2. The van der Waals surface area contributed by atoms with Crippen LogP contribution in [-0.2, 0) is 9.53 Å². The second-order valence-corrected chi connectivity index (χ2v) is 4.05. The van der Waals surface area contributed by atoms with Crippen LogP contribution >= 0.6 is 0 Å². The fourth-order valence-electron chi connectivity index (χ4n) is 1.34. The van der Waals surface area contributed by atoms with Crippen molar-refractivity contribution < 1.29 is 18.7 Å². The smallest absolute Gasteiger partial charge is 0.340 e. The van der Waals surface area contributed by atoms with Crippen molar-refractivity contribution in [2.24, 2.45) is 0 Å². The van der Waals surface area contributed by atoms with Crippen LogP contribution in [0.25, 0.3) is 0 Å². The molecule has 0 fully saturated rings. The van der Waals surface area contributed by atoms with Crippen LogP contribution in [0.2, 0.25) is 0 Å². The number of rotatable bonds is 4. The molecule has 1 rings (SSSR count). The molecule has 6 nitrogen and oxygen atoms in total. The van der Waals surface area contributed by atoms with E-state index in [1.165, 1.54) is 18.1 Å². The van der Waals surface area contributed by atoms with Gasteiger partial charge in [-0.15, -0.1) is 0 Å². The number of esters is 1. The quantitative estimate of drug-likeness (QED) is 0.620. The minimum atomic E-state index is -0.667. The van der Waals surface area contributed by atoms with Crippen LogP contribution in [0.3, 0.4) is 0 Å². The molecule has 104 valence electrons. The Morgan fingerprint density at radius 1 is 1.42 bits per heavy atom. The molecule has 0 saturated heterocycles. The van der Waals surface area contributed by atoms with Gasteiger partial charge in [0.1, 0.15) is 5.82 Å². The van der Waals surface area contributed by atoms with Gasteiger partial charge in [-0.3, -0.25) is 4.79 Å². The van der Waals surface area contributed by atoms with Gasteiger partial charge < -0.3 is 20.7 Å². The monoisotopic (exact) mass is 269 g/mol. The zero-order valence-electron chi connectivity index (χ0n) is 11.0. The number of hydrogen-bond acceptors (Lipinski definition) is 5. The molecule has 0 aliphatic rings. The van der Waals surface area contributed by atoms with E-state index in [0.717, 1.165) is 6.07 Å². The number of likely N-dealkylation sites (N-methyl/N-ethyl adjacent to an activating group) is 1. The Labute approximate surface area is 110 Å². The highest BCUT2D eigenvalue weighted by Gasteiger charge is 2.15. The number of nitrogens with zero attached hydrogens (tertiary/aromatic N) is 1. The Kier molecular flexibility index (Phi) is 4.68. The molecule has 0 unspecified atom stereocenters. The second kappa shape index (κ2) is 6.03. The standard InChI is InChI=1S/C12H16FN3O3/c1-16(2)11(17)6-15-10-4-7(12(18)19-3)9(14)5-8(10)13/h4-5,15H,6,14H2,1-3H3. The zero-order valence-corrected chi connectivity index (χ0v) is 11.0. The van der Waals surface area contributed by atoms with E-state index in [9.17, 15) is 14.0 Å². The van der Waals surface area contributed by atoms with Crippen LogP contribution in [0, 0.1) is 5.82 Å². The lowest BCUT2D eigenvalue weighted by atomic mass is 10.1. The second-order valence-electron chi connectivity index (χ2n) is 4.05. The topological polar surface area (TPSA) is 84.7 Å². The number of nitrogens with two attached hydrogens (primary N) is 1. The predicted molar refractivity (Wildman–Crippen MR) is 69.3 cm³/mol. The molecule has 0 atom stereocenters. The van der Waals surface area contributed by atoms with Crippen molar-refractivity contribution in [1.29, 1.82) is 0 Å². The van der Waals surface area contributed by atoms with E-state index in [1.54, 1.807) is 14.1 Å². The Bertz CT molecular complexity index is 503. The highest BCUT2D eigenvalue weighted by molar-refractivity contribution is 5.96. The van der Waals surface area contributed by atoms with Crippen molar-refractivity contribution in [2.45, 2.75) is 0 Å². The molecular formula is C12H16FN3O3. The summed E-state index contributed by atoms with van der Waals surface area (Å²) in [5.74, 6) is -1.54. The molecule has 0 saturated carbocycles. The molecular weight excluding hydrogens is 253 g/mol. The number of ether oxygens (including phenoxy) is 1. The molecule has 3 N–H and O–H groups in total. The van der Waals surface area contributed by atoms with Gasteiger partial charge in [0, 0.05) is 19.8 Å². The van der Waals surface area contributed by atoms with Crippen molar-refractivity contribution in [3.63, 3.8) is 0 Å². The summed E-state index contributed by atoms with van der Waals surface area (Å²) in [6, 6.07) is 2.23. The highest BCUT2D eigenvalue weighted by Crippen LogP contribution is 2.22. The Hall–Kier alpha value is -2.31. The van der Waals surface area contributed by atoms with E-state index in [-0.39, 0.29) is 29.4 Å². The predicted octanol–water partition coefficient (Wildman–Crippen LogP) is 0.695. The number of carbonyl (C=O) groups is 2. The molecule has 7 heteroatoms. The maximum absolute atomic E-state index is 13.6. The number of halogens is 1. The summed E-state index contributed by atoms with van der Waals surface area (Å²) in [5.41, 5.74) is 5.57. The molecule has 0 aliphatic heterocycles. The SMILES string of the molecule is COC(=O)c1cc(NCC(=O)N(C)C)c(F)cc1N. The normalized spacial score (nSPS) is 9.89. The minimum Gasteiger partial charge on any atom is -0.465 e. The summed E-state index contributed by atoms with van der Waals surface area (Å²) in [5, 5.41) is 2.61. The number of carbonyl (C=O) groups excluding carboxylic acids is 2. The van der Waals surface area contributed by atoms with Crippen molar-refractivity contribution in [3.05, 3.63) is 23.5 Å². The number of anilines is 2. The van der Waals surface area contributed by atoms with Crippen LogP contribution in [0.4, 0.5) is 15.8 Å². The lowest BCUT2D eigenvalue weighted by Gasteiger charge is -2.13. The van der Waals surface area contributed by atoms with Crippen LogP contribution in [-0.4, -0.2) is 44.5 Å². The first-order chi connectivity index (χ1) is 8.86. The number of amides is 1. The minimum absolute atomic E-state index is 0.0183. The maximum atomic E-state index is 13.6. The number of hydrogen-bond donors (Lipinski definition) is 2. The lowest BCUT2D eigenvalue weighted by Crippen LogP contribution is -2.28. The number of nitrogen functional groups attached to an aromatic ring is 1. The van der Waals surface area contributed by atoms with Gasteiger partial charge in [0.25, 0.3) is 0 Å². The van der Waals surface area contributed by atoms with E-state index < -0.39 is 11.8 Å². The molecule has 19 heavy (non-hydrogen) atoms. The van der Waals surface area contributed by atoms with E-state index in [0.29, 0.717) is 0 Å². The average Bonchev–Trinajstić information content (AvgIpc) is 2.36. The van der Waals surface area contributed by atoms with Crippen molar-refractivity contribution in [3.8, 4) is 0 Å². The zero-order chi connectivity index (χ0) is 14.6. The first-order valence-corrected chi connectivity index (χ1v) is 5.48. The number of nitrogens with one attached hydrogen (secondary N) is 1. The molecule has 1 aromatic carbocycles. The largest absolute Gasteiger partial charge is 0.465 e. The Morgan fingerprint density at radius 3 is 2.58 bits per heavy atom. The molecule has 1 amide bonds. The molecule has 0 aromatic heterocycles. The molecule has 1 aromatic rings. The molecule has 0 spiro atoms. The van der Waals surface area contributed by atoms with E-state index in [1.807, 2.05) is 0 Å². The molecule has 0 bridgehead atoms. The average molecular weight is 269 g/mol. The Morgan fingerprint density at radius 2 is 2.05 bits per heavy atom. The van der Waals surface area contributed by atoms with Crippen molar-refractivity contribution in [1.82, 2.24) is 4.90 Å². The van der Waals surface area contributed by atoms with Gasteiger partial charge in [-0.05, 0) is 12.1 Å². The van der Waals surface area contributed by atoms with Crippen LogP contribution < -0.4 is 11.1 Å². The molecule has 0 heterocycles. The maximum Gasteiger partial charge on any atom is 0.340 e. The molecule has 0 radical (unpaired) electrons. The summed E-state index contributed by atoms with van der Waals surface area (Å²) in [6.07, 6.45) is 0. The van der Waals surface area contributed by atoms with Gasteiger partial charge in [0.2, 0.25) is 5.91 Å². The van der Waals surface area contributed by atoms with Crippen LogP contribution in [0.1, 0.15) is 10.4 Å². The van der Waals surface area contributed by atoms with Gasteiger partial charge in [-0.1, -0.05) is 0 Å². The lowest BCUT2D eigenvalue weighted by molar-refractivity contribution is -0.126. The van der Waals surface area contributed by atoms with Crippen molar-refractivity contribution in [2.75, 3.05) is 38.8 Å². The summed E-state index contributed by atoms with van der Waals surface area (Å²) in [7, 11) is 4.38. The molecule has 0 aliphatic carbocycles.